The van der Waals surface area contributed by atoms with Crippen molar-refractivity contribution in [3.05, 3.63) is 29.8 Å². The number of aliphatic hydroxyl groups is 1. The highest BCUT2D eigenvalue weighted by atomic mass is 32.3. The minimum atomic E-state index is -4.16. The van der Waals surface area contributed by atoms with E-state index in [9.17, 15) is 13.5 Å². The highest BCUT2D eigenvalue weighted by Gasteiger charge is 2.43. The van der Waals surface area contributed by atoms with Crippen LogP contribution in [0.4, 0.5) is 0 Å². The van der Waals surface area contributed by atoms with Crippen LogP contribution in [-0.4, -0.2) is 88.5 Å². The van der Waals surface area contributed by atoms with Gasteiger partial charge in [-0.05, 0) is 24.8 Å². The Morgan fingerprint density at radius 3 is 2.16 bits per heavy atom. The molecule has 1 saturated carbocycles. The average Bonchev–Trinajstić information content (AvgIpc) is 2.75. The second-order valence-corrected chi connectivity index (χ2v) is 10.4. The Morgan fingerprint density at radius 2 is 1.65 bits per heavy atom. The molecule has 0 unspecified atom stereocenters. The topological polar surface area (TPSA) is 96.3 Å². The van der Waals surface area contributed by atoms with Crippen LogP contribution in [0.1, 0.15) is 37.7 Å². The second-order valence-electron chi connectivity index (χ2n) is 9.21. The number of rotatable bonds is 6. The zero-order chi connectivity index (χ0) is 23.1. The largest absolute Gasteiger partial charge is 0.496 e. The van der Waals surface area contributed by atoms with E-state index < -0.39 is 16.0 Å². The van der Waals surface area contributed by atoms with Crippen molar-refractivity contribution >= 4 is 10.4 Å². The molecule has 0 aromatic heterocycles. The molecule has 0 bridgehead atoms. The van der Waals surface area contributed by atoms with Crippen molar-refractivity contribution in [3.8, 4) is 5.75 Å². The molecular formula is C22H39N2O6S+. The van der Waals surface area contributed by atoms with E-state index >= 15 is 0 Å². The molecule has 8 nitrogen and oxygen atoms in total. The first kappa shape index (κ1) is 26.0. The maximum absolute atomic E-state index is 12.0. The smallest absolute Gasteiger partial charge is 0.397 e. The first-order valence-electron chi connectivity index (χ1n) is 10.9. The van der Waals surface area contributed by atoms with Crippen molar-refractivity contribution < 1.29 is 31.5 Å². The van der Waals surface area contributed by atoms with Crippen LogP contribution in [0.15, 0.2) is 24.3 Å². The lowest BCUT2D eigenvalue weighted by Crippen LogP contribution is -2.58. The zero-order valence-electron chi connectivity index (χ0n) is 19.3. The quantitative estimate of drug-likeness (QED) is 0.498. The molecule has 2 fully saturated rings. The van der Waals surface area contributed by atoms with Gasteiger partial charge in [-0.25, -0.2) is 0 Å². The number of benzene rings is 1. The van der Waals surface area contributed by atoms with Gasteiger partial charge in [0.05, 0.1) is 41.4 Å². The predicted octanol–water partition coefficient (Wildman–Crippen LogP) is 2.29. The lowest BCUT2D eigenvalue weighted by molar-refractivity contribution is -0.894. The van der Waals surface area contributed by atoms with Crippen molar-refractivity contribution in [3.63, 3.8) is 0 Å². The third kappa shape index (κ3) is 7.69. The van der Waals surface area contributed by atoms with Crippen molar-refractivity contribution in [2.45, 2.75) is 37.7 Å². The molecule has 1 saturated heterocycles. The first-order valence-corrected chi connectivity index (χ1v) is 12.3. The third-order valence-corrected chi connectivity index (χ3v) is 6.99. The lowest BCUT2D eigenvalue weighted by atomic mass is 9.72. The summed E-state index contributed by atoms with van der Waals surface area (Å²) >= 11 is 0. The number of nitrogens with zero attached hydrogens (tertiary/aromatic N) is 2. The van der Waals surface area contributed by atoms with Gasteiger partial charge in [0.25, 0.3) is 0 Å². The van der Waals surface area contributed by atoms with Crippen LogP contribution in [0, 0.1) is 5.92 Å². The van der Waals surface area contributed by atoms with Gasteiger partial charge in [-0.1, -0.05) is 37.5 Å². The summed E-state index contributed by atoms with van der Waals surface area (Å²) in [4.78, 5) is 2.46. The third-order valence-electron chi connectivity index (χ3n) is 6.57. The van der Waals surface area contributed by atoms with Gasteiger partial charge in [-0.15, -0.1) is 0 Å². The summed E-state index contributed by atoms with van der Waals surface area (Å²) < 4.78 is 36.4. The summed E-state index contributed by atoms with van der Waals surface area (Å²) in [5.74, 6) is 1.14. The molecule has 0 radical (unpaired) electrons. The summed E-state index contributed by atoms with van der Waals surface area (Å²) in [6.07, 6.45) is 5.99. The molecule has 31 heavy (non-hydrogen) atoms. The average molecular weight is 460 g/mol. The molecule has 0 amide bonds. The fourth-order valence-electron chi connectivity index (χ4n) is 4.56. The minimum absolute atomic E-state index is 0.321. The fourth-order valence-corrected chi connectivity index (χ4v) is 4.56. The fraction of sp³-hybridized carbons (Fsp3) is 0.727. The Balaban J connectivity index is 0.000000501. The van der Waals surface area contributed by atoms with Crippen LogP contribution in [0.2, 0.25) is 0 Å². The van der Waals surface area contributed by atoms with Gasteiger partial charge in [0.15, 0.2) is 0 Å². The van der Waals surface area contributed by atoms with Crippen LogP contribution >= 0.6 is 0 Å². The zero-order valence-corrected chi connectivity index (χ0v) is 20.1. The number of piperazine rings is 1. The lowest BCUT2D eigenvalue weighted by Gasteiger charge is -2.45. The normalized spacial score (nSPS) is 22.1. The molecule has 1 aromatic carbocycles. The summed E-state index contributed by atoms with van der Waals surface area (Å²) in [5.41, 5.74) is 0.158. The Labute approximate surface area is 187 Å². The van der Waals surface area contributed by atoms with Gasteiger partial charge in [0.2, 0.25) is 0 Å². The molecule has 3 rings (SSSR count). The van der Waals surface area contributed by atoms with Crippen molar-refractivity contribution in [1.82, 2.24) is 4.90 Å². The number of likely N-dealkylation sites (N-methyl/N-ethyl adjacent to an activating group) is 1. The summed E-state index contributed by atoms with van der Waals surface area (Å²) in [5, 5.41) is 12.0. The second kappa shape index (κ2) is 11.1. The van der Waals surface area contributed by atoms with Crippen molar-refractivity contribution in [1.29, 1.82) is 0 Å². The van der Waals surface area contributed by atoms with Crippen LogP contribution in [0.25, 0.3) is 0 Å². The molecule has 1 aromatic rings. The molecule has 1 heterocycles. The van der Waals surface area contributed by atoms with E-state index in [2.05, 4.69) is 29.2 Å². The number of para-hydroxylation sites is 1. The van der Waals surface area contributed by atoms with Gasteiger partial charge in [0.1, 0.15) is 11.4 Å². The van der Waals surface area contributed by atoms with Crippen molar-refractivity contribution in [2.24, 2.45) is 5.92 Å². The maximum Gasteiger partial charge on any atom is 0.397 e. The molecule has 1 aliphatic heterocycles. The first-order chi connectivity index (χ1) is 14.5. The molecule has 2 N–H and O–H groups in total. The van der Waals surface area contributed by atoms with Gasteiger partial charge >= 0.3 is 10.4 Å². The number of methoxy groups -OCH3 is 1. The van der Waals surface area contributed by atoms with E-state index in [4.69, 9.17) is 9.29 Å². The van der Waals surface area contributed by atoms with Crippen molar-refractivity contribution in [2.75, 3.05) is 61.0 Å². The van der Waals surface area contributed by atoms with Gasteiger partial charge in [-0.2, -0.15) is 8.42 Å². The summed E-state index contributed by atoms with van der Waals surface area (Å²) in [6, 6.07) is 8.07. The Hall–Kier alpha value is -1.23. The Morgan fingerprint density at radius 1 is 1.10 bits per heavy atom. The molecule has 1 aliphatic carbocycles. The highest BCUT2D eigenvalue weighted by Crippen LogP contribution is 2.43. The van der Waals surface area contributed by atoms with Crippen LogP contribution in [-0.2, 0) is 20.2 Å². The number of hydrogen-bond acceptors (Lipinski definition) is 6. The van der Waals surface area contributed by atoms with Crippen LogP contribution < -0.4 is 4.74 Å². The number of hydrogen-bond donors (Lipinski definition) is 2. The molecule has 1 atom stereocenters. The van der Waals surface area contributed by atoms with Gasteiger partial charge < -0.3 is 14.3 Å². The molecular weight excluding hydrogens is 420 g/mol. The maximum atomic E-state index is 12.0. The number of quaternary nitrogens is 1. The molecule has 178 valence electrons. The van der Waals surface area contributed by atoms with Crippen LogP contribution in [0.5, 0.6) is 5.75 Å². The monoisotopic (exact) mass is 459 g/mol. The number of ether oxygens (including phenoxy) is 1. The van der Waals surface area contributed by atoms with E-state index in [0.29, 0.717) is 5.92 Å². The van der Waals surface area contributed by atoms with E-state index in [1.54, 1.807) is 7.11 Å². The van der Waals surface area contributed by atoms with E-state index in [1.807, 2.05) is 18.2 Å². The van der Waals surface area contributed by atoms with E-state index in [1.165, 1.54) is 19.3 Å². The standard InChI is InChI=1S/C21H35N2O2.CH4O4S/c1-23(2)15-13-22(14-16-23)17-21(24,18-9-5-4-6-10-18)19-11-7-8-12-20(19)25-3;1-5-6(2,3)4/h7-8,11-12,18,24H,4-6,9-10,13-17H2,1-3H3;1H3,(H,2,3,4)/q+1;/t21-;/m1./s1. The predicted molar refractivity (Wildman–Crippen MR) is 120 cm³/mol. The molecule has 0 spiro atoms. The van der Waals surface area contributed by atoms with Gasteiger partial charge in [-0.3, -0.25) is 13.6 Å². The van der Waals surface area contributed by atoms with E-state index in [-0.39, 0.29) is 0 Å². The SMILES string of the molecule is COS(=O)(=O)O.COc1ccccc1[C@@](O)(CN1CC[N+](C)(C)CC1)C1CCCCC1. The number of β-amino-alcohol motifs (C(OH)–C–C–N with tert-alkyl or cyclic N) is 1. The Kier molecular flexibility index (Phi) is 9.29. The highest BCUT2D eigenvalue weighted by molar-refractivity contribution is 7.80. The van der Waals surface area contributed by atoms with Gasteiger partial charge in [0, 0.05) is 25.2 Å². The molecule has 2 aliphatic rings. The summed E-state index contributed by atoms with van der Waals surface area (Å²) in [7, 11) is 3.01. The van der Waals surface area contributed by atoms with Crippen LogP contribution in [0.3, 0.4) is 0 Å². The summed E-state index contributed by atoms with van der Waals surface area (Å²) in [6.45, 7) is 5.12. The van der Waals surface area contributed by atoms with E-state index in [0.717, 1.165) is 68.5 Å². The molecule has 9 heteroatoms. The minimum Gasteiger partial charge on any atom is -0.496 e. The Bertz CT molecular complexity index is 785.